The predicted octanol–water partition coefficient (Wildman–Crippen LogP) is 4.64. The highest BCUT2D eigenvalue weighted by molar-refractivity contribution is 5.87. The van der Waals surface area contributed by atoms with Crippen molar-refractivity contribution in [1.82, 2.24) is 4.90 Å². The average Bonchev–Trinajstić information content (AvgIpc) is 2.62. The second-order valence-corrected chi connectivity index (χ2v) is 6.36. The molecule has 0 aliphatic rings. The van der Waals surface area contributed by atoms with E-state index in [1.165, 1.54) is 29.7 Å². The van der Waals surface area contributed by atoms with Gasteiger partial charge in [0.1, 0.15) is 0 Å². The maximum atomic E-state index is 4.60. The molecule has 0 radical (unpaired) electrons. The van der Waals surface area contributed by atoms with Gasteiger partial charge >= 0.3 is 0 Å². The molecule has 1 rings (SSSR count). The summed E-state index contributed by atoms with van der Waals surface area (Å²) in [5.41, 5.74) is 3.73. The summed E-state index contributed by atoms with van der Waals surface area (Å²) in [6, 6.07) is 6.70. The summed E-state index contributed by atoms with van der Waals surface area (Å²) in [5, 5.41) is 3.48. The highest BCUT2D eigenvalue weighted by atomic mass is 15.1. The second kappa shape index (κ2) is 13.6. The van der Waals surface area contributed by atoms with Gasteiger partial charge in [-0.2, -0.15) is 0 Å². The van der Waals surface area contributed by atoms with Crippen LogP contribution in [-0.4, -0.2) is 50.6 Å². The van der Waals surface area contributed by atoms with Gasteiger partial charge in [-0.15, -0.1) is 0 Å². The van der Waals surface area contributed by atoms with Crippen molar-refractivity contribution in [1.29, 1.82) is 0 Å². The molecule has 1 aromatic carbocycles. The fraction of sp³-hybridized carbons (Fsp3) is 0.619. The van der Waals surface area contributed by atoms with Gasteiger partial charge in [0.25, 0.3) is 0 Å². The lowest BCUT2D eigenvalue weighted by atomic mass is 10.1. The third-order valence-electron chi connectivity index (χ3n) is 4.21. The topological polar surface area (TPSA) is 40.0 Å². The van der Waals surface area contributed by atoms with Crippen LogP contribution in [0.15, 0.2) is 28.2 Å². The number of hydrogen-bond acceptors (Lipinski definition) is 4. The largest absolute Gasteiger partial charge is 0.385 e. The fourth-order valence-electron chi connectivity index (χ4n) is 2.85. The van der Waals surface area contributed by atoms with Crippen molar-refractivity contribution in [2.75, 3.05) is 38.0 Å². The van der Waals surface area contributed by atoms with Gasteiger partial charge in [0, 0.05) is 43.6 Å². The Balaban J connectivity index is 2.65. The van der Waals surface area contributed by atoms with Crippen molar-refractivity contribution in [3.8, 4) is 0 Å². The molecule has 4 heteroatoms. The molecule has 0 fully saturated rings. The molecule has 0 bridgehead atoms. The number of benzene rings is 1. The standard InChI is InChI=1S/C21H36N4/c1-5-15-25(7-3)18-19-11-12-20(21(16-19)24-6-2)17-23-14-10-8-9-13-22-4/h11-12,16-17,24H,4-10,13-15,18H2,1-3H3. The normalized spacial score (nSPS) is 11.4. The van der Waals surface area contributed by atoms with E-state index in [1.54, 1.807) is 0 Å². The summed E-state index contributed by atoms with van der Waals surface area (Å²) >= 11 is 0. The molecule has 0 spiro atoms. The Kier molecular flexibility index (Phi) is 11.6. The van der Waals surface area contributed by atoms with Crippen molar-refractivity contribution in [3.63, 3.8) is 0 Å². The molecule has 0 aromatic heterocycles. The Labute approximate surface area is 154 Å². The highest BCUT2D eigenvalue weighted by Crippen LogP contribution is 2.18. The Morgan fingerprint density at radius 3 is 2.60 bits per heavy atom. The van der Waals surface area contributed by atoms with Gasteiger partial charge < -0.3 is 10.3 Å². The molecule has 140 valence electrons. The monoisotopic (exact) mass is 344 g/mol. The van der Waals surface area contributed by atoms with Crippen LogP contribution in [0.1, 0.15) is 57.6 Å². The van der Waals surface area contributed by atoms with Gasteiger partial charge in [-0.25, -0.2) is 0 Å². The molecule has 0 heterocycles. The first-order valence-electron chi connectivity index (χ1n) is 9.76. The summed E-state index contributed by atoms with van der Waals surface area (Å²) in [7, 11) is 0. The van der Waals surface area contributed by atoms with Crippen molar-refractivity contribution >= 4 is 18.6 Å². The maximum absolute atomic E-state index is 4.60. The minimum Gasteiger partial charge on any atom is -0.385 e. The molecule has 0 saturated carbocycles. The Morgan fingerprint density at radius 2 is 1.92 bits per heavy atom. The zero-order valence-corrected chi connectivity index (χ0v) is 16.4. The van der Waals surface area contributed by atoms with Crippen molar-refractivity contribution in [3.05, 3.63) is 29.3 Å². The van der Waals surface area contributed by atoms with E-state index in [0.29, 0.717) is 0 Å². The van der Waals surface area contributed by atoms with Gasteiger partial charge in [0.2, 0.25) is 0 Å². The van der Waals surface area contributed by atoms with Crippen LogP contribution >= 0.6 is 0 Å². The van der Waals surface area contributed by atoms with E-state index in [1.807, 2.05) is 6.21 Å². The highest BCUT2D eigenvalue weighted by Gasteiger charge is 2.06. The second-order valence-electron chi connectivity index (χ2n) is 6.36. The minimum atomic E-state index is 0.864. The first kappa shape index (κ1) is 21.4. The van der Waals surface area contributed by atoms with Gasteiger partial charge in [-0.05, 0) is 64.0 Å². The van der Waals surface area contributed by atoms with Gasteiger partial charge in [-0.3, -0.25) is 9.89 Å². The number of hydrogen-bond donors (Lipinski definition) is 1. The van der Waals surface area contributed by atoms with E-state index in [9.17, 15) is 0 Å². The van der Waals surface area contributed by atoms with E-state index in [0.717, 1.165) is 52.1 Å². The smallest absolute Gasteiger partial charge is 0.0432 e. The lowest BCUT2D eigenvalue weighted by Gasteiger charge is -2.20. The lowest BCUT2D eigenvalue weighted by Crippen LogP contribution is -2.23. The number of rotatable bonds is 14. The zero-order chi connectivity index (χ0) is 18.3. The molecule has 25 heavy (non-hydrogen) atoms. The van der Waals surface area contributed by atoms with E-state index >= 15 is 0 Å². The zero-order valence-electron chi connectivity index (χ0n) is 16.4. The van der Waals surface area contributed by atoms with E-state index < -0.39 is 0 Å². The van der Waals surface area contributed by atoms with E-state index in [-0.39, 0.29) is 0 Å². The van der Waals surface area contributed by atoms with Crippen molar-refractivity contribution in [2.24, 2.45) is 9.98 Å². The summed E-state index contributed by atoms with van der Waals surface area (Å²) in [6.07, 6.45) is 6.60. The number of anilines is 1. The maximum Gasteiger partial charge on any atom is 0.0432 e. The van der Waals surface area contributed by atoms with Crippen LogP contribution in [0.4, 0.5) is 5.69 Å². The van der Waals surface area contributed by atoms with Crippen LogP contribution in [0.3, 0.4) is 0 Å². The molecule has 0 atom stereocenters. The number of unbranched alkanes of at least 4 members (excludes halogenated alkanes) is 2. The number of nitrogens with zero attached hydrogens (tertiary/aromatic N) is 3. The van der Waals surface area contributed by atoms with E-state index in [2.05, 4.69) is 65.9 Å². The quantitative estimate of drug-likeness (QED) is 0.394. The lowest BCUT2D eigenvalue weighted by molar-refractivity contribution is 0.280. The Morgan fingerprint density at radius 1 is 1.12 bits per heavy atom. The predicted molar refractivity (Wildman–Crippen MR) is 113 cm³/mol. The van der Waals surface area contributed by atoms with Gasteiger partial charge in [-0.1, -0.05) is 26.0 Å². The molecule has 0 unspecified atom stereocenters. The molecule has 0 amide bonds. The summed E-state index contributed by atoms with van der Waals surface area (Å²) in [5.74, 6) is 0. The van der Waals surface area contributed by atoms with Crippen LogP contribution in [0.5, 0.6) is 0 Å². The summed E-state index contributed by atoms with van der Waals surface area (Å²) in [4.78, 5) is 11.0. The summed E-state index contributed by atoms with van der Waals surface area (Å²) in [6.45, 7) is 16.0. The minimum absolute atomic E-state index is 0.864. The first-order valence-corrected chi connectivity index (χ1v) is 9.76. The SMILES string of the molecule is C=NCCCCCN=Cc1ccc(CN(CC)CCC)cc1NCC. The average molecular weight is 345 g/mol. The Hall–Kier alpha value is -1.68. The molecule has 1 aromatic rings. The first-order chi connectivity index (χ1) is 12.2. The fourth-order valence-corrected chi connectivity index (χ4v) is 2.85. The number of aliphatic imine (C=N–C) groups is 2. The van der Waals surface area contributed by atoms with Crippen LogP contribution in [-0.2, 0) is 6.54 Å². The van der Waals surface area contributed by atoms with Crippen LogP contribution < -0.4 is 5.32 Å². The van der Waals surface area contributed by atoms with Crippen LogP contribution in [0.25, 0.3) is 0 Å². The van der Waals surface area contributed by atoms with Crippen LogP contribution in [0.2, 0.25) is 0 Å². The molecular formula is C21H36N4. The van der Waals surface area contributed by atoms with Crippen molar-refractivity contribution in [2.45, 2.75) is 53.0 Å². The molecule has 0 aliphatic carbocycles. The third-order valence-corrected chi connectivity index (χ3v) is 4.21. The molecule has 0 aliphatic heterocycles. The molecule has 0 saturated heterocycles. The van der Waals surface area contributed by atoms with Gasteiger partial charge in [0.05, 0.1) is 0 Å². The van der Waals surface area contributed by atoms with E-state index in [4.69, 9.17) is 0 Å². The third kappa shape index (κ3) is 8.82. The Bertz CT molecular complexity index is 511. The molecule has 4 nitrogen and oxygen atoms in total. The molecular weight excluding hydrogens is 308 g/mol. The molecule has 1 N–H and O–H groups in total. The van der Waals surface area contributed by atoms with Crippen LogP contribution in [0, 0.1) is 0 Å². The number of nitrogens with one attached hydrogen (secondary N) is 1. The summed E-state index contributed by atoms with van der Waals surface area (Å²) < 4.78 is 0. The van der Waals surface area contributed by atoms with Crippen molar-refractivity contribution < 1.29 is 0 Å². The van der Waals surface area contributed by atoms with Gasteiger partial charge in [0.15, 0.2) is 0 Å².